The SMILES string of the molecule is Cc1c(Cl)cn2c(=O)cc(C[NH+]3C[C@@H](C)O[C@H](C)C3)nc2c1Cl. The summed E-state index contributed by atoms with van der Waals surface area (Å²) in [6.45, 7) is 8.45. The van der Waals surface area contributed by atoms with E-state index in [1.54, 1.807) is 12.3 Å². The van der Waals surface area contributed by atoms with Crippen molar-refractivity contribution in [3.05, 3.63) is 43.9 Å². The lowest BCUT2D eigenvalue weighted by Gasteiger charge is -2.32. The number of quaternary nitrogens is 1. The number of rotatable bonds is 2. The highest BCUT2D eigenvalue weighted by Crippen LogP contribution is 2.26. The molecule has 0 saturated carbocycles. The summed E-state index contributed by atoms with van der Waals surface area (Å²) in [7, 11) is 0. The van der Waals surface area contributed by atoms with Gasteiger partial charge in [-0.1, -0.05) is 23.2 Å². The Labute approximate surface area is 144 Å². The van der Waals surface area contributed by atoms with Gasteiger partial charge >= 0.3 is 0 Å². The lowest BCUT2D eigenvalue weighted by Crippen LogP contribution is -3.14. The Morgan fingerprint density at radius 3 is 2.65 bits per heavy atom. The zero-order valence-electron chi connectivity index (χ0n) is 13.4. The van der Waals surface area contributed by atoms with Crippen LogP contribution in [0.15, 0.2) is 17.1 Å². The van der Waals surface area contributed by atoms with Gasteiger partial charge in [0, 0.05) is 12.3 Å². The van der Waals surface area contributed by atoms with E-state index in [9.17, 15) is 4.79 Å². The van der Waals surface area contributed by atoms with Crippen molar-refractivity contribution in [1.29, 1.82) is 0 Å². The summed E-state index contributed by atoms with van der Waals surface area (Å²) >= 11 is 12.4. The lowest BCUT2D eigenvalue weighted by atomic mass is 10.2. The fourth-order valence-corrected chi connectivity index (χ4v) is 3.66. The van der Waals surface area contributed by atoms with Crippen LogP contribution >= 0.6 is 23.2 Å². The van der Waals surface area contributed by atoms with Crippen LogP contribution in [0.1, 0.15) is 25.1 Å². The van der Waals surface area contributed by atoms with E-state index in [1.807, 2.05) is 6.92 Å². The fraction of sp³-hybridized carbons (Fsp3) is 0.500. The predicted octanol–water partition coefficient (Wildman–Crippen LogP) is 1.50. The van der Waals surface area contributed by atoms with Gasteiger partial charge < -0.3 is 9.64 Å². The highest BCUT2D eigenvalue weighted by atomic mass is 35.5. The van der Waals surface area contributed by atoms with Crippen molar-refractivity contribution in [2.45, 2.75) is 39.5 Å². The van der Waals surface area contributed by atoms with Gasteiger partial charge in [0.15, 0.2) is 5.65 Å². The molecule has 1 saturated heterocycles. The molecule has 1 aliphatic heterocycles. The zero-order valence-corrected chi connectivity index (χ0v) is 14.9. The second-order valence-electron chi connectivity index (χ2n) is 6.29. The third-order valence-electron chi connectivity index (χ3n) is 4.18. The van der Waals surface area contributed by atoms with E-state index in [4.69, 9.17) is 27.9 Å². The number of hydrogen-bond acceptors (Lipinski definition) is 3. The first-order valence-electron chi connectivity index (χ1n) is 7.71. The first-order valence-corrected chi connectivity index (χ1v) is 8.46. The maximum absolute atomic E-state index is 12.4. The molecule has 23 heavy (non-hydrogen) atoms. The number of nitrogens with zero attached hydrogens (tertiary/aromatic N) is 2. The molecule has 0 spiro atoms. The third kappa shape index (κ3) is 3.38. The average molecular weight is 357 g/mol. The zero-order chi connectivity index (χ0) is 16.7. The summed E-state index contributed by atoms with van der Waals surface area (Å²) in [6, 6.07) is 1.56. The van der Waals surface area contributed by atoms with Gasteiger partial charge in [0.25, 0.3) is 5.56 Å². The van der Waals surface area contributed by atoms with E-state index in [-0.39, 0.29) is 17.8 Å². The molecule has 1 N–H and O–H groups in total. The predicted molar refractivity (Wildman–Crippen MR) is 90.6 cm³/mol. The summed E-state index contributed by atoms with van der Waals surface area (Å²) in [5, 5.41) is 0.885. The minimum atomic E-state index is -0.164. The van der Waals surface area contributed by atoms with Crippen LogP contribution in [0.5, 0.6) is 0 Å². The van der Waals surface area contributed by atoms with Crippen LogP contribution in [-0.4, -0.2) is 34.7 Å². The molecule has 0 radical (unpaired) electrons. The highest BCUT2D eigenvalue weighted by Gasteiger charge is 2.26. The molecule has 5 nitrogen and oxygen atoms in total. The van der Waals surface area contributed by atoms with Gasteiger partial charge in [-0.05, 0) is 26.3 Å². The molecular weight excluding hydrogens is 337 g/mol. The van der Waals surface area contributed by atoms with Crippen LogP contribution in [0.25, 0.3) is 5.65 Å². The Hall–Kier alpha value is -1.14. The smallest absolute Gasteiger partial charge is 0.258 e. The van der Waals surface area contributed by atoms with Crippen molar-refractivity contribution in [1.82, 2.24) is 9.38 Å². The van der Waals surface area contributed by atoms with E-state index in [2.05, 4.69) is 18.8 Å². The normalized spacial score (nSPS) is 25.0. The second kappa shape index (κ2) is 6.40. The third-order valence-corrected chi connectivity index (χ3v) is 5.01. The topological polar surface area (TPSA) is 48.0 Å². The van der Waals surface area contributed by atoms with Crippen molar-refractivity contribution in [2.75, 3.05) is 13.1 Å². The Balaban J connectivity index is 1.98. The molecule has 124 valence electrons. The first kappa shape index (κ1) is 16.7. The quantitative estimate of drug-likeness (QED) is 0.886. The summed E-state index contributed by atoms with van der Waals surface area (Å²) in [5.41, 5.74) is 1.78. The van der Waals surface area contributed by atoms with Crippen molar-refractivity contribution >= 4 is 28.8 Å². The first-order chi connectivity index (χ1) is 10.8. The van der Waals surface area contributed by atoms with Crippen LogP contribution in [0.2, 0.25) is 10.0 Å². The summed E-state index contributed by atoms with van der Waals surface area (Å²) in [6.07, 6.45) is 1.99. The van der Waals surface area contributed by atoms with Gasteiger partial charge in [-0.2, -0.15) is 0 Å². The van der Waals surface area contributed by atoms with Crippen LogP contribution in [0.4, 0.5) is 0 Å². The molecule has 1 fully saturated rings. The molecule has 0 bridgehead atoms. The van der Waals surface area contributed by atoms with E-state index in [0.717, 1.165) is 24.3 Å². The van der Waals surface area contributed by atoms with Gasteiger partial charge in [0.05, 0.1) is 10.0 Å². The highest BCUT2D eigenvalue weighted by molar-refractivity contribution is 6.37. The molecule has 2 atom stereocenters. The molecular formula is C16H20Cl2N3O2+. The number of aromatic nitrogens is 2. The largest absolute Gasteiger partial charge is 0.364 e. The monoisotopic (exact) mass is 356 g/mol. The maximum Gasteiger partial charge on any atom is 0.258 e. The molecule has 2 aromatic heterocycles. The average Bonchev–Trinajstić information content (AvgIpc) is 2.45. The van der Waals surface area contributed by atoms with Gasteiger partial charge in [-0.3, -0.25) is 9.20 Å². The Kier molecular flexibility index (Phi) is 4.65. The van der Waals surface area contributed by atoms with Crippen LogP contribution in [0.3, 0.4) is 0 Å². The minimum absolute atomic E-state index is 0.164. The van der Waals surface area contributed by atoms with E-state index in [1.165, 1.54) is 9.30 Å². The number of nitrogens with one attached hydrogen (secondary N) is 1. The van der Waals surface area contributed by atoms with Crippen LogP contribution < -0.4 is 10.5 Å². The molecule has 0 aliphatic carbocycles. The lowest BCUT2D eigenvalue weighted by molar-refractivity contribution is -0.928. The van der Waals surface area contributed by atoms with Crippen molar-refractivity contribution in [3.63, 3.8) is 0 Å². The van der Waals surface area contributed by atoms with Gasteiger partial charge in [0.1, 0.15) is 37.5 Å². The van der Waals surface area contributed by atoms with E-state index < -0.39 is 0 Å². The number of hydrogen-bond donors (Lipinski definition) is 1. The van der Waals surface area contributed by atoms with E-state index in [0.29, 0.717) is 22.2 Å². The fourth-order valence-electron chi connectivity index (χ4n) is 3.18. The maximum atomic E-state index is 12.4. The Morgan fingerprint density at radius 1 is 1.35 bits per heavy atom. The molecule has 7 heteroatoms. The van der Waals surface area contributed by atoms with Gasteiger partial charge in [-0.15, -0.1) is 0 Å². The molecule has 0 unspecified atom stereocenters. The van der Waals surface area contributed by atoms with Gasteiger partial charge in [-0.25, -0.2) is 4.98 Å². The molecule has 1 aliphatic rings. The van der Waals surface area contributed by atoms with Crippen molar-refractivity contribution in [3.8, 4) is 0 Å². The molecule has 2 aromatic rings. The number of fused-ring (bicyclic) bond motifs is 1. The van der Waals surface area contributed by atoms with Crippen molar-refractivity contribution in [2.24, 2.45) is 0 Å². The summed E-state index contributed by atoms with van der Waals surface area (Å²) in [4.78, 5) is 18.3. The molecule has 3 rings (SSSR count). The van der Waals surface area contributed by atoms with E-state index >= 15 is 0 Å². The summed E-state index contributed by atoms with van der Waals surface area (Å²) in [5.74, 6) is 0. The number of ether oxygens (including phenoxy) is 1. The summed E-state index contributed by atoms with van der Waals surface area (Å²) < 4.78 is 7.16. The standard InChI is InChI=1S/C16H19Cl2N3O2/c1-9-5-20(6-10(2)23-9)7-12-4-14(22)21-8-13(17)11(3)15(18)16(21)19-12/h4,8-10H,5-7H2,1-3H3/p+1/t9-,10-/m1/s1. The minimum Gasteiger partial charge on any atom is -0.364 e. The number of pyridine rings is 1. The van der Waals surface area contributed by atoms with Crippen molar-refractivity contribution < 1.29 is 9.64 Å². The number of morpholine rings is 1. The van der Waals surface area contributed by atoms with Crippen LogP contribution in [0, 0.1) is 6.92 Å². The Morgan fingerprint density at radius 2 is 2.00 bits per heavy atom. The van der Waals surface area contributed by atoms with Crippen LogP contribution in [-0.2, 0) is 11.3 Å². The molecule has 0 aromatic carbocycles. The Bertz CT molecular complexity index is 796. The second-order valence-corrected chi connectivity index (χ2v) is 7.07. The molecule has 0 amide bonds. The number of halogens is 2. The van der Waals surface area contributed by atoms with Gasteiger partial charge in [0.2, 0.25) is 0 Å². The molecule has 3 heterocycles.